The number of hydrogen-bond donors (Lipinski definition) is 0. The lowest BCUT2D eigenvalue weighted by Gasteiger charge is -2.45. The Morgan fingerprint density at radius 3 is 2.70 bits per heavy atom. The van der Waals surface area contributed by atoms with E-state index in [2.05, 4.69) is 4.98 Å². The van der Waals surface area contributed by atoms with E-state index in [4.69, 9.17) is 11.6 Å². The highest BCUT2D eigenvalue weighted by molar-refractivity contribution is 6.30. The molecule has 1 aromatic heterocycles. The van der Waals surface area contributed by atoms with E-state index < -0.39 is 5.66 Å². The molecule has 1 saturated heterocycles. The van der Waals surface area contributed by atoms with E-state index in [-0.39, 0.29) is 5.91 Å². The first-order valence-electron chi connectivity index (χ1n) is 7.41. The van der Waals surface area contributed by atoms with Crippen molar-refractivity contribution >= 4 is 23.9 Å². The van der Waals surface area contributed by atoms with Gasteiger partial charge in [0.05, 0.1) is 11.3 Å². The fraction of sp³-hybridized carbons (Fsp3) is 0.235. The zero-order chi connectivity index (χ0) is 16.0. The number of benzene rings is 1. The minimum atomic E-state index is -0.815. The Labute approximate surface area is 138 Å². The van der Waals surface area contributed by atoms with Gasteiger partial charge in [0.25, 0.3) is 5.91 Å². The van der Waals surface area contributed by atoms with Crippen LogP contribution in [0.5, 0.6) is 0 Å². The Hall–Kier alpha value is -2.40. The Morgan fingerprint density at radius 1 is 1.17 bits per heavy atom. The molecule has 23 heavy (non-hydrogen) atoms. The first kappa shape index (κ1) is 14.2. The van der Waals surface area contributed by atoms with Crippen LogP contribution < -0.4 is 0 Å². The minimum Gasteiger partial charge on any atom is -0.316 e. The molecular weight excluding hydrogens is 314 g/mol. The quantitative estimate of drug-likeness (QED) is 0.793. The number of pyridine rings is 1. The van der Waals surface area contributed by atoms with Gasteiger partial charge in [-0.3, -0.25) is 14.6 Å². The van der Waals surface area contributed by atoms with Crippen molar-refractivity contribution in [3.8, 4) is 0 Å². The molecule has 0 N–H and O–H groups in total. The average molecular weight is 328 g/mol. The zero-order valence-electron chi connectivity index (χ0n) is 12.3. The van der Waals surface area contributed by atoms with Gasteiger partial charge in [0.15, 0.2) is 0 Å². The van der Waals surface area contributed by atoms with Crippen LogP contribution in [0.1, 0.15) is 21.6 Å². The van der Waals surface area contributed by atoms with Crippen LogP contribution in [0.15, 0.2) is 42.6 Å². The second kappa shape index (κ2) is 5.06. The maximum absolute atomic E-state index is 12.9. The molecule has 4 rings (SSSR count). The predicted octanol–water partition coefficient (Wildman–Crippen LogP) is 2.06. The number of carbonyl (C=O) groups is 2. The van der Waals surface area contributed by atoms with Crippen molar-refractivity contribution in [2.24, 2.45) is 0 Å². The fourth-order valence-corrected chi connectivity index (χ4v) is 3.76. The Balaban J connectivity index is 1.94. The van der Waals surface area contributed by atoms with Crippen LogP contribution in [0.4, 0.5) is 0 Å². The molecule has 0 saturated carbocycles. The molecule has 3 heterocycles. The predicted molar refractivity (Wildman–Crippen MR) is 84.9 cm³/mol. The smallest absolute Gasteiger partial charge is 0.257 e. The topological polar surface area (TPSA) is 53.5 Å². The summed E-state index contributed by atoms with van der Waals surface area (Å²) >= 11 is 6.00. The summed E-state index contributed by atoms with van der Waals surface area (Å²) in [6.07, 6.45) is 2.97. The van der Waals surface area contributed by atoms with Crippen LogP contribution in [-0.4, -0.2) is 40.2 Å². The lowest BCUT2D eigenvalue weighted by molar-refractivity contribution is -0.125. The molecule has 116 valence electrons. The van der Waals surface area contributed by atoms with Crippen molar-refractivity contribution in [1.29, 1.82) is 0 Å². The SMILES string of the molecule is O=CN1CCN2C(=O)c3cccnc3CC12c1ccc(Cl)cc1. The van der Waals surface area contributed by atoms with Gasteiger partial charge in [-0.05, 0) is 29.8 Å². The largest absolute Gasteiger partial charge is 0.316 e. The molecule has 1 unspecified atom stereocenters. The van der Waals surface area contributed by atoms with Crippen LogP contribution in [0, 0.1) is 0 Å². The molecule has 0 aliphatic carbocycles. The summed E-state index contributed by atoms with van der Waals surface area (Å²) in [5.74, 6) is -0.0846. The highest BCUT2D eigenvalue weighted by Gasteiger charge is 2.54. The van der Waals surface area contributed by atoms with Gasteiger partial charge in [-0.15, -0.1) is 0 Å². The van der Waals surface area contributed by atoms with Crippen molar-refractivity contribution in [3.63, 3.8) is 0 Å². The highest BCUT2D eigenvalue weighted by Crippen LogP contribution is 2.43. The standard InChI is InChI=1S/C17H14ClN3O2/c18-13-5-3-12(4-6-13)17-10-15-14(2-1-7-19-15)16(23)21(17)9-8-20(17)11-22/h1-7,11H,8-10H2. The maximum atomic E-state index is 12.9. The molecule has 2 aliphatic rings. The molecule has 1 aromatic carbocycles. The van der Waals surface area contributed by atoms with Gasteiger partial charge in [0, 0.05) is 30.7 Å². The molecule has 6 heteroatoms. The summed E-state index contributed by atoms with van der Waals surface area (Å²) in [6.45, 7) is 1.01. The van der Waals surface area contributed by atoms with Gasteiger partial charge in [-0.2, -0.15) is 0 Å². The molecular formula is C17H14ClN3O2. The number of rotatable bonds is 2. The fourth-order valence-electron chi connectivity index (χ4n) is 3.63. The summed E-state index contributed by atoms with van der Waals surface area (Å²) in [5, 5.41) is 0.619. The molecule has 5 nitrogen and oxygen atoms in total. The Bertz CT molecular complexity index is 793. The van der Waals surface area contributed by atoms with E-state index in [1.165, 1.54) is 0 Å². The van der Waals surface area contributed by atoms with Crippen molar-refractivity contribution < 1.29 is 9.59 Å². The van der Waals surface area contributed by atoms with Gasteiger partial charge >= 0.3 is 0 Å². The van der Waals surface area contributed by atoms with Crippen LogP contribution >= 0.6 is 11.6 Å². The molecule has 2 aliphatic heterocycles. The van der Waals surface area contributed by atoms with Crippen molar-refractivity contribution in [1.82, 2.24) is 14.8 Å². The summed E-state index contributed by atoms with van der Waals surface area (Å²) in [7, 11) is 0. The van der Waals surface area contributed by atoms with Gasteiger partial charge in [-0.1, -0.05) is 23.7 Å². The molecule has 2 amide bonds. The van der Waals surface area contributed by atoms with Crippen LogP contribution in [0.25, 0.3) is 0 Å². The van der Waals surface area contributed by atoms with E-state index in [1.807, 2.05) is 12.1 Å². The monoisotopic (exact) mass is 327 g/mol. The van der Waals surface area contributed by atoms with E-state index in [1.54, 1.807) is 40.3 Å². The highest BCUT2D eigenvalue weighted by atomic mass is 35.5. The number of fused-ring (bicyclic) bond motifs is 2. The zero-order valence-corrected chi connectivity index (χ0v) is 13.0. The first-order chi connectivity index (χ1) is 11.2. The summed E-state index contributed by atoms with van der Waals surface area (Å²) in [6, 6.07) is 10.9. The van der Waals surface area contributed by atoms with E-state index >= 15 is 0 Å². The third-order valence-corrected chi connectivity index (χ3v) is 4.95. The van der Waals surface area contributed by atoms with Gasteiger partial charge < -0.3 is 9.80 Å². The van der Waals surface area contributed by atoms with E-state index in [0.717, 1.165) is 17.7 Å². The summed E-state index contributed by atoms with van der Waals surface area (Å²) in [5.41, 5.74) is 1.39. The van der Waals surface area contributed by atoms with Crippen molar-refractivity contribution in [2.75, 3.05) is 13.1 Å². The number of nitrogens with zero attached hydrogens (tertiary/aromatic N) is 3. The summed E-state index contributed by atoms with van der Waals surface area (Å²) in [4.78, 5) is 32.4. The second-order valence-corrected chi connectivity index (χ2v) is 6.19. The number of amides is 2. The molecule has 1 atom stereocenters. The number of halogens is 1. The molecule has 0 spiro atoms. The lowest BCUT2D eigenvalue weighted by atomic mass is 9.86. The van der Waals surface area contributed by atoms with Crippen molar-refractivity contribution in [3.05, 3.63) is 64.4 Å². The number of hydrogen-bond acceptors (Lipinski definition) is 3. The lowest BCUT2D eigenvalue weighted by Crippen LogP contribution is -2.57. The Morgan fingerprint density at radius 2 is 1.96 bits per heavy atom. The van der Waals surface area contributed by atoms with Crippen LogP contribution in [0.3, 0.4) is 0 Å². The third-order valence-electron chi connectivity index (χ3n) is 4.70. The van der Waals surface area contributed by atoms with E-state index in [9.17, 15) is 9.59 Å². The average Bonchev–Trinajstić information content (AvgIpc) is 2.95. The Kier molecular flexibility index (Phi) is 3.13. The van der Waals surface area contributed by atoms with Gasteiger partial charge in [-0.25, -0.2) is 0 Å². The maximum Gasteiger partial charge on any atom is 0.257 e. The molecule has 0 bridgehead atoms. The first-order valence-corrected chi connectivity index (χ1v) is 7.78. The molecule has 1 fully saturated rings. The number of aromatic nitrogens is 1. The van der Waals surface area contributed by atoms with E-state index in [0.29, 0.717) is 30.1 Å². The van der Waals surface area contributed by atoms with Crippen LogP contribution in [-0.2, 0) is 16.9 Å². The van der Waals surface area contributed by atoms with Gasteiger partial charge in [0.2, 0.25) is 6.41 Å². The molecule has 0 radical (unpaired) electrons. The van der Waals surface area contributed by atoms with Crippen molar-refractivity contribution in [2.45, 2.75) is 12.1 Å². The second-order valence-electron chi connectivity index (χ2n) is 5.75. The van der Waals surface area contributed by atoms with Gasteiger partial charge in [0.1, 0.15) is 5.66 Å². The summed E-state index contributed by atoms with van der Waals surface area (Å²) < 4.78 is 0. The minimum absolute atomic E-state index is 0.0846. The normalized spacial score (nSPS) is 22.7. The third kappa shape index (κ3) is 1.90. The molecule has 2 aromatic rings. The van der Waals surface area contributed by atoms with Crippen LogP contribution in [0.2, 0.25) is 5.02 Å². The number of carbonyl (C=O) groups excluding carboxylic acids is 2.